The lowest BCUT2D eigenvalue weighted by Crippen LogP contribution is -2.21. The molecule has 1 aromatic rings. The number of aromatic nitrogens is 2. The topological polar surface area (TPSA) is 63.8 Å². The Labute approximate surface area is 95.3 Å². The third-order valence-corrected chi connectivity index (χ3v) is 2.29. The number of hydrogen-bond donors (Lipinski definition) is 2. The highest BCUT2D eigenvalue weighted by Crippen LogP contribution is 2.16. The van der Waals surface area contributed by atoms with Crippen molar-refractivity contribution in [2.24, 2.45) is 5.73 Å². The van der Waals surface area contributed by atoms with E-state index in [4.69, 9.17) is 18.0 Å². The van der Waals surface area contributed by atoms with Crippen molar-refractivity contribution in [2.45, 2.75) is 33.6 Å². The van der Waals surface area contributed by atoms with E-state index in [0.29, 0.717) is 0 Å². The first-order valence-corrected chi connectivity index (χ1v) is 5.42. The van der Waals surface area contributed by atoms with Gasteiger partial charge in [0.15, 0.2) is 5.11 Å². The molecule has 5 heteroatoms. The second-order valence-electron chi connectivity index (χ2n) is 3.26. The number of anilines is 1. The second kappa shape index (κ2) is 5.02. The molecule has 15 heavy (non-hydrogen) atoms. The molecule has 0 atom stereocenters. The van der Waals surface area contributed by atoms with Gasteiger partial charge in [-0.2, -0.15) is 0 Å². The predicted molar refractivity (Wildman–Crippen MR) is 65.9 cm³/mol. The minimum atomic E-state index is 0.237. The van der Waals surface area contributed by atoms with E-state index < -0.39 is 0 Å². The monoisotopic (exact) mass is 224 g/mol. The summed E-state index contributed by atoms with van der Waals surface area (Å²) in [6.07, 6.45) is 1.69. The first-order valence-electron chi connectivity index (χ1n) is 5.01. The maximum absolute atomic E-state index is 5.44. The summed E-state index contributed by atoms with van der Waals surface area (Å²) in [5.41, 5.74) is 7.49. The summed E-state index contributed by atoms with van der Waals surface area (Å²) in [4.78, 5) is 8.79. The van der Waals surface area contributed by atoms with Crippen LogP contribution in [0.1, 0.15) is 30.9 Å². The largest absolute Gasteiger partial charge is 0.376 e. The zero-order valence-corrected chi connectivity index (χ0v) is 10.1. The summed E-state index contributed by atoms with van der Waals surface area (Å²) in [5.74, 6) is 1.54. The van der Waals surface area contributed by atoms with Crippen LogP contribution in [0.2, 0.25) is 0 Å². The van der Waals surface area contributed by atoms with Crippen molar-refractivity contribution >= 4 is 23.1 Å². The fourth-order valence-corrected chi connectivity index (χ4v) is 1.45. The van der Waals surface area contributed by atoms with E-state index in [1.807, 2.05) is 13.8 Å². The van der Waals surface area contributed by atoms with Crippen LogP contribution in [0, 0.1) is 6.92 Å². The summed E-state index contributed by atoms with van der Waals surface area (Å²) in [5, 5.41) is 3.12. The molecular formula is C10H16N4S. The summed E-state index contributed by atoms with van der Waals surface area (Å²) >= 11 is 4.80. The molecule has 0 saturated carbocycles. The lowest BCUT2D eigenvalue weighted by molar-refractivity contribution is 0.877. The molecule has 0 aromatic carbocycles. The summed E-state index contributed by atoms with van der Waals surface area (Å²) in [7, 11) is 0. The Morgan fingerprint density at radius 1 is 1.33 bits per heavy atom. The van der Waals surface area contributed by atoms with Crippen LogP contribution in [0.3, 0.4) is 0 Å². The number of nitrogens with zero attached hydrogens (tertiary/aromatic N) is 2. The van der Waals surface area contributed by atoms with Gasteiger partial charge in [-0.15, -0.1) is 0 Å². The van der Waals surface area contributed by atoms with E-state index in [9.17, 15) is 0 Å². The third kappa shape index (κ3) is 2.86. The molecule has 0 aliphatic heterocycles. The fraction of sp³-hybridized carbons (Fsp3) is 0.500. The minimum Gasteiger partial charge on any atom is -0.376 e. The Kier molecular flexibility index (Phi) is 3.96. The van der Waals surface area contributed by atoms with Gasteiger partial charge in [0.25, 0.3) is 0 Å². The van der Waals surface area contributed by atoms with Crippen LogP contribution in [0.15, 0.2) is 0 Å². The van der Waals surface area contributed by atoms with Crippen molar-refractivity contribution in [1.29, 1.82) is 0 Å². The zero-order chi connectivity index (χ0) is 11.4. The molecule has 1 rings (SSSR count). The van der Waals surface area contributed by atoms with Crippen LogP contribution < -0.4 is 11.1 Å². The number of nitrogens with one attached hydrogen (secondary N) is 1. The zero-order valence-electron chi connectivity index (χ0n) is 9.29. The maximum Gasteiger partial charge on any atom is 0.169 e. The maximum atomic E-state index is 5.44. The van der Waals surface area contributed by atoms with E-state index in [1.165, 1.54) is 0 Å². The molecule has 0 unspecified atom stereocenters. The Balaban J connectivity index is 3.17. The quantitative estimate of drug-likeness (QED) is 0.763. The first kappa shape index (κ1) is 11.8. The average molecular weight is 224 g/mol. The van der Waals surface area contributed by atoms with Gasteiger partial charge in [0, 0.05) is 17.7 Å². The smallest absolute Gasteiger partial charge is 0.169 e. The molecular weight excluding hydrogens is 208 g/mol. The molecule has 3 N–H and O–H groups in total. The van der Waals surface area contributed by atoms with E-state index in [2.05, 4.69) is 22.2 Å². The van der Waals surface area contributed by atoms with Crippen molar-refractivity contribution in [2.75, 3.05) is 5.32 Å². The molecule has 0 radical (unpaired) electrons. The number of aryl methyl sites for hydroxylation is 2. The lowest BCUT2D eigenvalue weighted by Gasteiger charge is -2.11. The molecule has 0 aliphatic carbocycles. The number of nitrogens with two attached hydrogens (primary N) is 1. The molecule has 0 fully saturated rings. The predicted octanol–water partition coefficient (Wildman–Crippen LogP) is 1.57. The third-order valence-electron chi connectivity index (χ3n) is 2.19. The molecule has 0 spiro atoms. The minimum absolute atomic E-state index is 0.237. The van der Waals surface area contributed by atoms with Crippen LogP contribution in [-0.2, 0) is 12.8 Å². The van der Waals surface area contributed by atoms with Gasteiger partial charge in [-0.3, -0.25) is 0 Å². The molecule has 1 heterocycles. The normalized spacial score (nSPS) is 10.1. The van der Waals surface area contributed by atoms with Crippen molar-refractivity contribution in [3.05, 3.63) is 17.1 Å². The van der Waals surface area contributed by atoms with Gasteiger partial charge in [0.1, 0.15) is 11.6 Å². The highest BCUT2D eigenvalue weighted by molar-refractivity contribution is 7.80. The molecule has 0 bridgehead atoms. The number of hydrogen-bond acceptors (Lipinski definition) is 3. The van der Waals surface area contributed by atoms with Crippen LogP contribution in [0.5, 0.6) is 0 Å². The van der Waals surface area contributed by atoms with E-state index >= 15 is 0 Å². The van der Waals surface area contributed by atoms with Crippen LogP contribution in [-0.4, -0.2) is 15.1 Å². The summed E-state index contributed by atoms with van der Waals surface area (Å²) in [6.45, 7) is 6.06. The second-order valence-corrected chi connectivity index (χ2v) is 3.70. The number of thiocarbonyl (C=S) groups is 1. The molecule has 4 nitrogen and oxygen atoms in total. The molecule has 0 aliphatic rings. The Morgan fingerprint density at radius 2 is 2.00 bits per heavy atom. The van der Waals surface area contributed by atoms with E-state index in [1.54, 1.807) is 0 Å². The van der Waals surface area contributed by atoms with Crippen molar-refractivity contribution in [1.82, 2.24) is 9.97 Å². The molecule has 1 aromatic heterocycles. The molecule has 0 saturated heterocycles. The van der Waals surface area contributed by atoms with Gasteiger partial charge < -0.3 is 11.1 Å². The van der Waals surface area contributed by atoms with Gasteiger partial charge in [-0.1, -0.05) is 13.8 Å². The highest BCUT2D eigenvalue weighted by atomic mass is 32.1. The lowest BCUT2D eigenvalue weighted by atomic mass is 10.2. The Morgan fingerprint density at radius 3 is 2.47 bits per heavy atom. The highest BCUT2D eigenvalue weighted by Gasteiger charge is 2.08. The van der Waals surface area contributed by atoms with Gasteiger partial charge in [0.2, 0.25) is 0 Å². The van der Waals surface area contributed by atoms with E-state index in [0.717, 1.165) is 35.7 Å². The number of rotatable bonds is 3. The summed E-state index contributed by atoms with van der Waals surface area (Å²) < 4.78 is 0. The average Bonchev–Trinajstić information content (AvgIpc) is 2.20. The van der Waals surface area contributed by atoms with Gasteiger partial charge in [-0.05, 0) is 25.6 Å². The van der Waals surface area contributed by atoms with Crippen LogP contribution >= 0.6 is 12.2 Å². The van der Waals surface area contributed by atoms with Crippen LogP contribution in [0.25, 0.3) is 0 Å². The van der Waals surface area contributed by atoms with E-state index in [-0.39, 0.29) is 5.11 Å². The van der Waals surface area contributed by atoms with Crippen LogP contribution in [0.4, 0.5) is 5.82 Å². The molecule has 0 amide bonds. The van der Waals surface area contributed by atoms with Crippen molar-refractivity contribution < 1.29 is 0 Å². The Hall–Kier alpha value is -1.23. The summed E-state index contributed by atoms with van der Waals surface area (Å²) in [6, 6.07) is 0. The first-order chi connectivity index (χ1) is 7.08. The van der Waals surface area contributed by atoms with Gasteiger partial charge >= 0.3 is 0 Å². The molecule has 82 valence electrons. The van der Waals surface area contributed by atoms with Gasteiger partial charge in [0.05, 0.1) is 0 Å². The Bertz CT molecular complexity index is 376. The fourth-order valence-electron chi connectivity index (χ4n) is 1.35. The van der Waals surface area contributed by atoms with Crippen molar-refractivity contribution in [3.8, 4) is 0 Å². The van der Waals surface area contributed by atoms with Crippen molar-refractivity contribution in [3.63, 3.8) is 0 Å². The standard InChI is InChI=1S/C10H16N4S/c1-4-7-6(3)9(14-10(11)15)13-8(5-2)12-7/h4-5H2,1-3H3,(H3,11,12,13,14,15). The van der Waals surface area contributed by atoms with Gasteiger partial charge in [-0.25, -0.2) is 9.97 Å². The SMILES string of the molecule is CCc1nc(CC)c(C)c(NC(N)=S)n1.